The third-order valence-corrected chi connectivity index (χ3v) is 5.17. The van der Waals surface area contributed by atoms with Crippen LogP contribution in [0.1, 0.15) is 47.0 Å². The number of nitrogens with zero attached hydrogens (tertiary/aromatic N) is 3. The molecule has 0 aromatic carbocycles. The Balaban J connectivity index is 1.66. The van der Waals surface area contributed by atoms with E-state index in [1.807, 2.05) is 25.7 Å². The van der Waals surface area contributed by atoms with Crippen molar-refractivity contribution in [1.82, 2.24) is 20.4 Å². The quantitative estimate of drug-likeness (QED) is 0.379. The van der Waals surface area contributed by atoms with Crippen molar-refractivity contribution in [2.75, 3.05) is 65.6 Å². The van der Waals surface area contributed by atoms with E-state index in [-0.39, 0.29) is 6.09 Å². The number of hydrogen-bond acceptors (Lipinski definition) is 5. The largest absolute Gasteiger partial charge is 0.444 e. The van der Waals surface area contributed by atoms with Crippen LogP contribution in [0.5, 0.6) is 0 Å². The summed E-state index contributed by atoms with van der Waals surface area (Å²) in [5.74, 6) is 1.40. The Labute approximate surface area is 176 Å². The van der Waals surface area contributed by atoms with E-state index in [1.165, 1.54) is 0 Å². The number of likely N-dealkylation sites (tertiary alicyclic amines) is 1. The number of ether oxygens (including phenoxy) is 2. The Hall–Kier alpha value is -1.54. The van der Waals surface area contributed by atoms with Crippen molar-refractivity contribution >= 4 is 12.1 Å². The van der Waals surface area contributed by atoms with Gasteiger partial charge in [0.15, 0.2) is 5.96 Å². The van der Waals surface area contributed by atoms with Gasteiger partial charge < -0.3 is 25.0 Å². The normalized spacial score (nSPS) is 19.9. The van der Waals surface area contributed by atoms with E-state index < -0.39 is 5.60 Å². The molecule has 29 heavy (non-hydrogen) atoms. The molecule has 0 saturated carbocycles. The molecule has 168 valence electrons. The number of piperidine rings is 1. The van der Waals surface area contributed by atoms with E-state index >= 15 is 0 Å². The summed E-state index contributed by atoms with van der Waals surface area (Å²) in [7, 11) is 0. The van der Waals surface area contributed by atoms with Gasteiger partial charge in [0.1, 0.15) is 5.60 Å². The van der Waals surface area contributed by atoms with Gasteiger partial charge in [-0.05, 0) is 59.4 Å². The average molecular weight is 412 g/mol. The third-order valence-electron chi connectivity index (χ3n) is 5.17. The fourth-order valence-corrected chi connectivity index (χ4v) is 3.52. The van der Waals surface area contributed by atoms with E-state index in [1.54, 1.807) is 0 Å². The number of nitrogens with one attached hydrogen (secondary N) is 2. The molecular formula is C21H41N5O3. The summed E-state index contributed by atoms with van der Waals surface area (Å²) in [6.45, 7) is 16.7. The smallest absolute Gasteiger partial charge is 0.410 e. The van der Waals surface area contributed by atoms with Gasteiger partial charge in [-0.15, -0.1) is 0 Å². The van der Waals surface area contributed by atoms with Crippen LogP contribution < -0.4 is 10.6 Å². The highest BCUT2D eigenvalue weighted by Gasteiger charge is 2.26. The third kappa shape index (κ3) is 9.67. The summed E-state index contributed by atoms with van der Waals surface area (Å²) < 4.78 is 10.9. The molecule has 2 rings (SSSR count). The molecule has 0 radical (unpaired) electrons. The molecule has 8 nitrogen and oxygen atoms in total. The van der Waals surface area contributed by atoms with Gasteiger partial charge in [-0.2, -0.15) is 0 Å². The SMILES string of the molecule is CCNC(=NCC1CCN(C(=O)OC(C)(C)C)CC1)NCCCN1CCOCC1. The second-order valence-electron chi connectivity index (χ2n) is 8.86. The van der Waals surface area contributed by atoms with Crippen LogP contribution in [0.2, 0.25) is 0 Å². The van der Waals surface area contributed by atoms with Gasteiger partial charge in [0.2, 0.25) is 0 Å². The number of carbonyl (C=O) groups excluding carboxylic acids is 1. The van der Waals surface area contributed by atoms with Crippen molar-refractivity contribution in [2.24, 2.45) is 10.9 Å². The number of guanidine groups is 1. The number of amides is 1. The van der Waals surface area contributed by atoms with E-state index in [2.05, 4.69) is 22.5 Å². The molecule has 0 aromatic heterocycles. The van der Waals surface area contributed by atoms with Gasteiger partial charge in [-0.1, -0.05) is 0 Å². The first-order chi connectivity index (χ1) is 13.9. The number of carbonyl (C=O) groups is 1. The number of hydrogen-bond donors (Lipinski definition) is 2. The first kappa shape index (κ1) is 23.7. The fourth-order valence-electron chi connectivity index (χ4n) is 3.52. The summed E-state index contributed by atoms with van der Waals surface area (Å²) in [6.07, 6.45) is 2.84. The Morgan fingerprint density at radius 1 is 1.14 bits per heavy atom. The predicted molar refractivity (Wildman–Crippen MR) is 116 cm³/mol. The molecule has 2 saturated heterocycles. The van der Waals surface area contributed by atoms with Gasteiger partial charge >= 0.3 is 6.09 Å². The fraction of sp³-hybridized carbons (Fsp3) is 0.905. The van der Waals surface area contributed by atoms with Crippen molar-refractivity contribution in [3.63, 3.8) is 0 Å². The zero-order valence-electron chi connectivity index (χ0n) is 18.8. The minimum Gasteiger partial charge on any atom is -0.444 e. The van der Waals surface area contributed by atoms with Crippen LogP contribution in [-0.2, 0) is 9.47 Å². The molecule has 0 aromatic rings. The Morgan fingerprint density at radius 3 is 2.45 bits per heavy atom. The molecule has 0 unspecified atom stereocenters. The topological polar surface area (TPSA) is 78.4 Å². The first-order valence-electron chi connectivity index (χ1n) is 11.2. The van der Waals surface area contributed by atoms with Crippen LogP contribution in [-0.4, -0.2) is 93.0 Å². The van der Waals surface area contributed by atoms with Crippen molar-refractivity contribution in [3.8, 4) is 0 Å². The Bertz CT molecular complexity index is 507. The zero-order chi connectivity index (χ0) is 21.1. The molecule has 0 aliphatic carbocycles. The first-order valence-corrected chi connectivity index (χ1v) is 11.2. The highest BCUT2D eigenvalue weighted by atomic mass is 16.6. The maximum atomic E-state index is 12.2. The van der Waals surface area contributed by atoms with Crippen LogP contribution in [0.25, 0.3) is 0 Å². The number of morpholine rings is 1. The highest BCUT2D eigenvalue weighted by molar-refractivity contribution is 5.79. The van der Waals surface area contributed by atoms with E-state index in [0.717, 1.165) is 90.8 Å². The molecule has 2 N–H and O–H groups in total. The van der Waals surface area contributed by atoms with Crippen LogP contribution in [0.15, 0.2) is 4.99 Å². The molecular weight excluding hydrogens is 370 g/mol. The van der Waals surface area contributed by atoms with Crippen LogP contribution in [0, 0.1) is 5.92 Å². The molecule has 2 aliphatic rings. The molecule has 0 bridgehead atoms. The lowest BCUT2D eigenvalue weighted by atomic mass is 9.97. The summed E-state index contributed by atoms with van der Waals surface area (Å²) in [5.41, 5.74) is -0.438. The van der Waals surface area contributed by atoms with Crippen molar-refractivity contribution < 1.29 is 14.3 Å². The van der Waals surface area contributed by atoms with Gasteiger partial charge in [0.25, 0.3) is 0 Å². The molecule has 2 aliphatic heterocycles. The lowest BCUT2D eigenvalue weighted by Gasteiger charge is -2.33. The second-order valence-corrected chi connectivity index (χ2v) is 8.86. The minimum absolute atomic E-state index is 0.199. The Kier molecular flexibility index (Phi) is 10.0. The summed E-state index contributed by atoms with van der Waals surface area (Å²) in [5, 5.41) is 6.78. The van der Waals surface area contributed by atoms with Gasteiger partial charge in [0, 0.05) is 45.8 Å². The van der Waals surface area contributed by atoms with E-state index in [0.29, 0.717) is 5.92 Å². The van der Waals surface area contributed by atoms with Crippen molar-refractivity contribution in [1.29, 1.82) is 0 Å². The van der Waals surface area contributed by atoms with Crippen molar-refractivity contribution in [2.45, 2.75) is 52.6 Å². The maximum absolute atomic E-state index is 12.2. The maximum Gasteiger partial charge on any atom is 0.410 e. The lowest BCUT2D eigenvalue weighted by molar-refractivity contribution is 0.0187. The van der Waals surface area contributed by atoms with Crippen LogP contribution >= 0.6 is 0 Å². The molecule has 1 amide bonds. The molecule has 0 spiro atoms. The average Bonchev–Trinajstić information content (AvgIpc) is 2.69. The number of rotatable bonds is 7. The summed E-state index contributed by atoms with van der Waals surface area (Å²) in [4.78, 5) is 21.2. The summed E-state index contributed by atoms with van der Waals surface area (Å²) in [6, 6.07) is 0. The predicted octanol–water partition coefficient (Wildman–Crippen LogP) is 1.91. The second kappa shape index (κ2) is 12.2. The molecule has 8 heteroatoms. The monoisotopic (exact) mass is 411 g/mol. The minimum atomic E-state index is -0.438. The molecule has 2 heterocycles. The van der Waals surface area contributed by atoms with E-state index in [9.17, 15) is 4.79 Å². The standard InChI is InChI=1S/C21H41N5O3/c1-5-22-19(23-9-6-10-25-13-15-28-16-14-25)24-17-18-7-11-26(12-8-18)20(27)29-21(2,3)4/h18H,5-17H2,1-4H3,(H2,22,23,24). The summed E-state index contributed by atoms with van der Waals surface area (Å²) >= 11 is 0. The van der Waals surface area contributed by atoms with Crippen LogP contribution in [0.4, 0.5) is 4.79 Å². The zero-order valence-corrected chi connectivity index (χ0v) is 18.8. The van der Waals surface area contributed by atoms with Gasteiger partial charge in [0.05, 0.1) is 13.2 Å². The Morgan fingerprint density at radius 2 is 1.83 bits per heavy atom. The highest BCUT2D eigenvalue weighted by Crippen LogP contribution is 2.19. The van der Waals surface area contributed by atoms with Gasteiger partial charge in [-0.3, -0.25) is 9.89 Å². The van der Waals surface area contributed by atoms with Crippen molar-refractivity contribution in [3.05, 3.63) is 0 Å². The molecule has 0 atom stereocenters. The van der Waals surface area contributed by atoms with Crippen LogP contribution in [0.3, 0.4) is 0 Å². The number of aliphatic imine (C=N–C) groups is 1. The molecule has 2 fully saturated rings. The lowest BCUT2D eigenvalue weighted by Crippen LogP contribution is -2.43. The van der Waals surface area contributed by atoms with E-state index in [4.69, 9.17) is 14.5 Å². The van der Waals surface area contributed by atoms with Gasteiger partial charge in [-0.25, -0.2) is 4.79 Å².